The fourth-order valence-electron chi connectivity index (χ4n) is 3.32. The van der Waals surface area contributed by atoms with E-state index < -0.39 is 0 Å². The normalized spacial score (nSPS) is 24.6. The van der Waals surface area contributed by atoms with Gasteiger partial charge in [-0.15, -0.1) is 0 Å². The van der Waals surface area contributed by atoms with Crippen molar-refractivity contribution in [3.8, 4) is 0 Å². The summed E-state index contributed by atoms with van der Waals surface area (Å²) in [6, 6.07) is 6.50. The topological polar surface area (TPSA) is 35.9 Å². The Labute approximate surface area is 130 Å². The molecular weight excluding hydrogens is 281 g/mol. The zero-order valence-corrected chi connectivity index (χ0v) is 13.1. The molecule has 2 aliphatic rings. The minimum absolute atomic E-state index is 0.0337. The van der Waals surface area contributed by atoms with E-state index in [-0.39, 0.29) is 23.7 Å². The van der Waals surface area contributed by atoms with E-state index >= 15 is 0 Å². The van der Waals surface area contributed by atoms with E-state index in [1.165, 1.54) is 12.1 Å². The van der Waals surface area contributed by atoms with Crippen LogP contribution in [0.15, 0.2) is 29.3 Å². The van der Waals surface area contributed by atoms with E-state index in [1.54, 1.807) is 17.0 Å². The SMILES string of the molecule is CN(C)CC1=NC2CCCC2C(=O)N1Cc1ccc(F)cc1. The van der Waals surface area contributed by atoms with Crippen molar-refractivity contribution >= 4 is 11.7 Å². The number of amidine groups is 1. The maximum atomic E-state index is 13.1. The Balaban J connectivity index is 1.86. The number of amides is 1. The van der Waals surface area contributed by atoms with Gasteiger partial charge < -0.3 is 4.90 Å². The van der Waals surface area contributed by atoms with Crippen LogP contribution in [0.25, 0.3) is 0 Å². The quantitative estimate of drug-likeness (QED) is 0.855. The number of benzene rings is 1. The van der Waals surface area contributed by atoms with Gasteiger partial charge in [0.2, 0.25) is 5.91 Å². The zero-order valence-electron chi connectivity index (χ0n) is 13.1. The molecule has 1 heterocycles. The van der Waals surface area contributed by atoms with Crippen LogP contribution in [-0.4, -0.2) is 48.2 Å². The molecule has 3 rings (SSSR count). The number of carbonyl (C=O) groups excluding carboxylic acids is 1. The zero-order chi connectivity index (χ0) is 15.7. The Hall–Kier alpha value is -1.75. The van der Waals surface area contributed by atoms with Crippen molar-refractivity contribution in [1.29, 1.82) is 0 Å². The number of carbonyl (C=O) groups is 1. The average Bonchev–Trinajstić information content (AvgIpc) is 2.93. The molecule has 118 valence electrons. The van der Waals surface area contributed by atoms with E-state index in [0.29, 0.717) is 13.1 Å². The molecule has 1 aliphatic heterocycles. The molecule has 1 saturated carbocycles. The maximum Gasteiger partial charge on any atom is 0.233 e. The number of aliphatic imine (C=N–C) groups is 1. The van der Waals surface area contributed by atoms with Crippen LogP contribution < -0.4 is 0 Å². The number of nitrogens with zero attached hydrogens (tertiary/aromatic N) is 3. The Morgan fingerprint density at radius 1 is 1.27 bits per heavy atom. The molecule has 0 N–H and O–H groups in total. The molecular formula is C17H22FN3O. The number of hydrogen-bond donors (Lipinski definition) is 0. The second-order valence-corrected chi connectivity index (χ2v) is 6.44. The monoisotopic (exact) mass is 303 g/mol. The summed E-state index contributed by atoms with van der Waals surface area (Å²) in [6.07, 6.45) is 3.02. The first-order valence-corrected chi connectivity index (χ1v) is 7.82. The van der Waals surface area contributed by atoms with Gasteiger partial charge >= 0.3 is 0 Å². The maximum absolute atomic E-state index is 13.1. The highest BCUT2D eigenvalue weighted by Gasteiger charge is 2.40. The van der Waals surface area contributed by atoms with Gasteiger partial charge in [-0.1, -0.05) is 18.6 Å². The first-order valence-electron chi connectivity index (χ1n) is 7.82. The van der Waals surface area contributed by atoms with E-state index in [2.05, 4.69) is 0 Å². The smallest absolute Gasteiger partial charge is 0.233 e. The number of likely N-dealkylation sites (N-methyl/N-ethyl adjacent to an activating group) is 1. The molecule has 0 saturated heterocycles. The summed E-state index contributed by atoms with van der Waals surface area (Å²) in [6.45, 7) is 1.12. The minimum Gasteiger partial charge on any atom is -0.302 e. The third-order valence-electron chi connectivity index (χ3n) is 4.40. The molecule has 1 fully saturated rings. The Bertz CT molecular complexity index is 582. The number of halogens is 1. The molecule has 1 amide bonds. The predicted octanol–water partition coefficient (Wildman–Crippen LogP) is 2.30. The molecule has 4 nitrogen and oxygen atoms in total. The van der Waals surface area contributed by atoms with Crippen LogP contribution >= 0.6 is 0 Å². The Morgan fingerprint density at radius 2 is 2.00 bits per heavy atom. The number of fused-ring (bicyclic) bond motifs is 1. The molecule has 1 aliphatic carbocycles. The van der Waals surface area contributed by atoms with Crippen LogP contribution in [0, 0.1) is 11.7 Å². The fraction of sp³-hybridized carbons (Fsp3) is 0.529. The lowest BCUT2D eigenvalue weighted by molar-refractivity contribution is -0.133. The largest absolute Gasteiger partial charge is 0.302 e. The van der Waals surface area contributed by atoms with E-state index in [1.807, 2.05) is 19.0 Å². The fourth-order valence-corrected chi connectivity index (χ4v) is 3.32. The summed E-state index contributed by atoms with van der Waals surface area (Å²) in [5.41, 5.74) is 0.928. The lowest BCUT2D eigenvalue weighted by atomic mass is 9.99. The van der Waals surface area contributed by atoms with Gasteiger partial charge in [0.15, 0.2) is 0 Å². The number of rotatable bonds is 4. The van der Waals surface area contributed by atoms with Crippen molar-refractivity contribution in [1.82, 2.24) is 9.80 Å². The number of hydrogen-bond acceptors (Lipinski definition) is 3. The van der Waals surface area contributed by atoms with Crippen LogP contribution in [-0.2, 0) is 11.3 Å². The highest BCUT2D eigenvalue weighted by Crippen LogP contribution is 2.33. The van der Waals surface area contributed by atoms with Gasteiger partial charge in [0.25, 0.3) is 0 Å². The van der Waals surface area contributed by atoms with Crippen molar-refractivity contribution in [2.24, 2.45) is 10.9 Å². The van der Waals surface area contributed by atoms with E-state index in [4.69, 9.17) is 4.99 Å². The van der Waals surface area contributed by atoms with Crippen LogP contribution in [0.3, 0.4) is 0 Å². The first-order chi connectivity index (χ1) is 10.5. The highest BCUT2D eigenvalue weighted by molar-refractivity contribution is 6.02. The molecule has 22 heavy (non-hydrogen) atoms. The van der Waals surface area contributed by atoms with E-state index in [9.17, 15) is 9.18 Å². The summed E-state index contributed by atoms with van der Waals surface area (Å²) in [5, 5.41) is 0. The van der Waals surface area contributed by atoms with Gasteiger partial charge in [0.05, 0.1) is 25.0 Å². The molecule has 2 unspecified atom stereocenters. The molecule has 5 heteroatoms. The molecule has 2 atom stereocenters. The van der Waals surface area contributed by atoms with Gasteiger partial charge in [0.1, 0.15) is 11.7 Å². The second-order valence-electron chi connectivity index (χ2n) is 6.44. The van der Waals surface area contributed by atoms with Crippen molar-refractivity contribution in [2.45, 2.75) is 31.8 Å². The third kappa shape index (κ3) is 3.04. The van der Waals surface area contributed by atoms with Gasteiger partial charge in [-0.3, -0.25) is 14.7 Å². The molecule has 0 spiro atoms. The molecule has 1 aromatic carbocycles. The standard InChI is InChI=1S/C17H22FN3O/c1-20(2)11-16-19-15-5-3-4-14(15)17(22)21(16)10-12-6-8-13(18)9-7-12/h6-9,14-15H,3-5,10-11H2,1-2H3. The first kappa shape index (κ1) is 15.2. The van der Waals surface area contributed by atoms with Gasteiger partial charge in [-0.25, -0.2) is 4.39 Å². The van der Waals surface area contributed by atoms with Gasteiger partial charge in [0, 0.05) is 0 Å². The third-order valence-corrected chi connectivity index (χ3v) is 4.40. The molecule has 1 aromatic rings. The predicted molar refractivity (Wildman–Crippen MR) is 84.1 cm³/mol. The van der Waals surface area contributed by atoms with Gasteiger partial charge in [-0.2, -0.15) is 0 Å². The Morgan fingerprint density at radius 3 is 2.68 bits per heavy atom. The summed E-state index contributed by atoms with van der Waals surface area (Å²) in [5.74, 6) is 0.791. The Kier molecular flexibility index (Phi) is 4.25. The summed E-state index contributed by atoms with van der Waals surface area (Å²) >= 11 is 0. The molecule has 0 bridgehead atoms. The summed E-state index contributed by atoms with van der Waals surface area (Å²) in [4.78, 5) is 21.5. The van der Waals surface area contributed by atoms with Crippen LogP contribution in [0.2, 0.25) is 0 Å². The van der Waals surface area contributed by atoms with E-state index in [0.717, 1.165) is 30.7 Å². The van der Waals surface area contributed by atoms with Crippen LogP contribution in [0.1, 0.15) is 24.8 Å². The molecule has 0 aromatic heterocycles. The summed E-state index contributed by atoms with van der Waals surface area (Å²) in [7, 11) is 3.95. The molecule has 0 radical (unpaired) electrons. The van der Waals surface area contributed by atoms with Crippen LogP contribution in [0.4, 0.5) is 4.39 Å². The van der Waals surface area contributed by atoms with Crippen LogP contribution in [0.5, 0.6) is 0 Å². The van der Waals surface area contributed by atoms with Gasteiger partial charge in [-0.05, 0) is 44.6 Å². The average molecular weight is 303 g/mol. The lowest BCUT2D eigenvalue weighted by Gasteiger charge is -2.34. The van der Waals surface area contributed by atoms with Crippen molar-refractivity contribution in [2.75, 3.05) is 20.6 Å². The van der Waals surface area contributed by atoms with Crippen molar-refractivity contribution in [3.05, 3.63) is 35.6 Å². The highest BCUT2D eigenvalue weighted by atomic mass is 19.1. The minimum atomic E-state index is -0.258. The summed E-state index contributed by atoms with van der Waals surface area (Å²) < 4.78 is 13.1. The van der Waals surface area contributed by atoms with Crippen molar-refractivity contribution in [3.63, 3.8) is 0 Å². The van der Waals surface area contributed by atoms with Crippen molar-refractivity contribution < 1.29 is 9.18 Å². The lowest BCUT2D eigenvalue weighted by Crippen LogP contribution is -2.49. The second kappa shape index (κ2) is 6.16.